The number of nitrogens with one attached hydrogen (secondary N) is 1. The normalized spacial score (nSPS) is 20.6. The second-order valence-electron chi connectivity index (χ2n) is 6.73. The molecule has 1 fully saturated rings. The number of hydrogen-bond donors (Lipinski definition) is 2. The minimum Gasteiger partial charge on any atom is -0.379 e. The number of amides is 1. The van der Waals surface area contributed by atoms with E-state index in [1.54, 1.807) is 11.3 Å². The fourth-order valence-corrected chi connectivity index (χ4v) is 4.07. The van der Waals surface area contributed by atoms with Crippen molar-refractivity contribution >= 4 is 17.2 Å². The minimum absolute atomic E-state index is 0.155. The molecule has 1 atom stereocenters. The molecule has 1 aromatic heterocycles. The highest BCUT2D eigenvalue weighted by Gasteiger charge is 2.41. The molecule has 0 saturated carbocycles. The monoisotopic (exact) mass is 380 g/mol. The number of rotatable bonds is 6. The van der Waals surface area contributed by atoms with Crippen LogP contribution in [0, 0.1) is 18.6 Å². The number of likely N-dealkylation sites (tertiary alicyclic amines) is 1. The molecule has 1 amide bonds. The van der Waals surface area contributed by atoms with Gasteiger partial charge in [-0.25, -0.2) is 8.78 Å². The van der Waals surface area contributed by atoms with Gasteiger partial charge in [-0.05, 0) is 49.6 Å². The predicted octanol–water partition coefficient (Wildman–Crippen LogP) is 2.98. The Morgan fingerprint density at radius 1 is 1.27 bits per heavy atom. The number of carbonyl (C=O) groups excluding carboxylic acids is 1. The highest BCUT2D eigenvalue weighted by molar-refractivity contribution is 7.11. The van der Waals surface area contributed by atoms with Crippen molar-refractivity contribution in [1.82, 2.24) is 10.2 Å². The second-order valence-corrected chi connectivity index (χ2v) is 8.10. The molecule has 7 heteroatoms. The summed E-state index contributed by atoms with van der Waals surface area (Å²) in [7, 11) is 0. The third-order valence-corrected chi connectivity index (χ3v) is 5.57. The second kappa shape index (κ2) is 7.82. The average molecular weight is 380 g/mol. The van der Waals surface area contributed by atoms with Crippen molar-refractivity contribution in [2.75, 3.05) is 13.1 Å². The number of nitrogens with zero attached hydrogens (tertiary/aromatic N) is 1. The molecule has 1 aliphatic rings. The number of piperidine rings is 1. The lowest BCUT2D eigenvalue weighted by molar-refractivity contribution is -0.157. The van der Waals surface area contributed by atoms with Gasteiger partial charge in [-0.1, -0.05) is 6.07 Å². The zero-order valence-corrected chi connectivity index (χ0v) is 15.4. The van der Waals surface area contributed by atoms with Crippen LogP contribution in [0.25, 0.3) is 0 Å². The summed E-state index contributed by atoms with van der Waals surface area (Å²) in [5.74, 6) is -2.22. The number of carbonyl (C=O) groups is 1. The van der Waals surface area contributed by atoms with E-state index in [1.165, 1.54) is 15.8 Å². The SMILES string of the molecule is Cc1ccc(CNCC2(O)CCCN(Cc3ccc(F)c(F)c3)C2=O)s1. The molecule has 0 radical (unpaired) electrons. The van der Waals surface area contributed by atoms with Gasteiger partial charge < -0.3 is 15.3 Å². The molecule has 140 valence electrons. The van der Waals surface area contributed by atoms with Crippen LogP contribution in [0.15, 0.2) is 30.3 Å². The molecule has 0 aliphatic carbocycles. The first-order valence-corrected chi connectivity index (χ1v) is 9.41. The highest BCUT2D eigenvalue weighted by Crippen LogP contribution is 2.24. The molecule has 1 aliphatic heterocycles. The quantitative estimate of drug-likeness (QED) is 0.810. The van der Waals surface area contributed by atoms with Crippen molar-refractivity contribution < 1.29 is 18.7 Å². The minimum atomic E-state index is -1.47. The van der Waals surface area contributed by atoms with Crippen molar-refractivity contribution in [3.63, 3.8) is 0 Å². The summed E-state index contributed by atoms with van der Waals surface area (Å²) < 4.78 is 26.4. The van der Waals surface area contributed by atoms with E-state index >= 15 is 0 Å². The van der Waals surface area contributed by atoms with Crippen LogP contribution in [-0.2, 0) is 17.9 Å². The van der Waals surface area contributed by atoms with Crippen LogP contribution in [0.5, 0.6) is 0 Å². The standard InChI is InChI=1S/C19H22F2N2O2S/c1-13-3-5-15(26-13)10-22-12-19(25)7-2-8-23(18(19)24)11-14-4-6-16(20)17(21)9-14/h3-6,9,22,25H,2,7-8,10-12H2,1H3. The topological polar surface area (TPSA) is 52.6 Å². The van der Waals surface area contributed by atoms with Crippen LogP contribution in [-0.4, -0.2) is 34.6 Å². The van der Waals surface area contributed by atoms with Crippen LogP contribution in [0.1, 0.15) is 28.2 Å². The molecular weight excluding hydrogens is 358 g/mol. The van der Waals surface area contributed by atoms with Crippen molar-refractivity contribution in [2.24, 2.45) is 0 Å². The molecule has 0 bridgehead atoms. The summed E-state index contributed by atoms with van der Waals surface area (Å²) in [6.07, 6.45) is 1.04. The van der Waals surface area contributed by atoms with Gasteiger partial charge in [0, 0.05) is 35.9 Å². The Hall–Kier alpha value is -1.83. The maximum absolute atomic E-state index is 13.4. The van der Waals surface area contributed by atoms with E-state index in [9.17, 15) is 18.7 Å². The van der Waals surface area contributed by atoms with E-state index in [0.29, 0.717) is 31.5 Å². The Balaban J connectivity index is 1.61. The molecule has 1 aromatic carbocycles. The molecule has 3 rings (SSSR count). The predicted molar refractivity (Wildman–Crippen MR) is 96.7 cm³/mol. The number of halogens is 2. The van der Waals surface area contributed by atoms with E-state index in [0.717, 1.165) is 17.0 Å². The Labute approximate surface area is 155 Å². The molecule has 0 spiro atoms. The molecule has 1 saturated heterocycles. The Kier molecular flexibility index (Phi) is 5.70. The first kappa shape index (κ1) is 18.9. The third-order valence-electron chi connectivity index (χ3n) is 4.57. The third kappa shape index (κ3) is 4.28. The van der Waals surface area contributed by atoms with Gasteiger partial charge in [0.2, 0.25) is 0 Å². The van der Waals surface area contributed by atoms with Crippen molar-refractivity contribution in [1.29, 1.82) is 0 Å². The number of aliphatic hydroxyl groups is 1. The average Bonchev–Trinajstić information content (AvgIpc) is 3.01. The first-order valence-electron chi connectivity index (χ1n) is 8.59. The molecule has 2 heterocycles. The Bertz CT molecular complexity index is 796. The summed E-state index contributed by atoms with van der Waals surface area (Å²) in [5.41, 5.74) is -0.966. The van der Waals surface area contributed by atoms with E-state index < -0.39 is 17.2 Å². The van der Waals surface area contributed by atoms with Gasteiger partial charge in [-0.15, -0.1) is 11.3 Å². The zero-order chi connectivity index (χ0) is 18.7. The van der Waals surface area contributed by atoms with Crippen molar-refractivity contribution in [3.8, 4) is 0 Å². The molecule has 4 nitrogen and oxygen atoms in total. The molecule has 26 heavy (non-hydrogen) atoms. The van der Waals surface area contributed by atoms with Gasteiger partial charge in [-0.2, -0.15) is 0 Å². The lowest BCUT2D eigenvalue weighted by atomic mass is 9.91. The highest BCUT2D eigenvalue weighted by atomic mass is 32.1. The van der Waals surface area contributed by atoms with Crippen LogP contribution in [0.2, 0.25) is 0 Å². The molecule has 1 unspecified atom stereocenters. The number of thiophene rings is 1. The van der Waals surface area contributed by atoms with Gasteiger partial charge in [0.1, 0.15) is 0 Å². The van der Waals surface area contributed by atoms with E-state index in [-0.39, 0.29) is 19.0 Å². The van der Waals surface area contributed by atoms with Crippen LogP contribution in [0.3, 0.4) is 0 Å². The maximum Gasteiger partial charge on any atom is 0.256 e. The summed E-state index contributed by atoms with van der Waals surface area (Å²) in [6.45, 7) is 3.43. The largest absolute Gasteiger partial charge is 0.379 e. The van der Waals surface area contributed by atoms with E-state index in [2.05, 4.69) is 5.32 Å². The molecule has 2 N–H and O–H groups in total. The van der Waals surface area contributed by atoms with E-state index in [1.807, 2.05) is 19.1 Å². The first-order chi connectivity index (χ1) is 12.4. The summed E-state index contributed by atoms with van der Waals surface area (Å²) >= 11 is 1.67. The van der Waals surface area contributed by atoms with Crippen molar-refractivity contribution in [2.45, 2.75) is 38.5 Å². The summed E-state index contributed by atoms with van der Waals surface area (Å²) in [5, 5.41) is 13.9. The van der Waals surface area contributed by atoms with Crippen LogP contribution >= 0.6 is 11.3 Å². The smallest absolute Gasteiger partial charge is 0.256 e. The van der Waals surface area contributed by atoms with Gasteiger partial charge in [0.05, 0.1) is 0 Å². The number of aryl methyl sites for hydroxylation is 1. The molecular formula is C19H22F2N2O2S. The number of hydrogen-bond acceptors (Lipinski definition) is 4. The fourth-order valence-electron chi connectivity index (χ4n) is 3.21. The van der Waals surface area contributed by atoms with Gasteiger partial charge in [0.25, 0.3) is 5.91 Å². The van der Waals surface area contributed by atoms with Crippen LogP contribution in [0.4, 0.5) is 8.78 Å². The lowest BCUT2D eigenvalue weighted by Crippen LogP contribution is -2.57. The number of benzene rings is 1. The van der Waals surface area contributed by atoms with Gasteiger partial charge in [-0.3, -0.25) is 4.79 Å². The lowest BCUT2D eigenvalue weighted by Gasteiger charge is -2.38. The Morgan fingerprint density at radius 2 is 2.08 bits per heavy atom. The fraction of sp³-hybridized carbons (Fsp3) is 0.421. The molecule has 2 aromatic rings. The van der Waals surface area contributed by atoms with Gasteiger partial charge >= 0.3 is 0 Å². The summed E-state index contributed by atoms with van der Waals surface area (Å²) in [4.78, 5) is 16.6. The van der Waals surface area contributed by atoms with Gasteiger partial charge in [0.15, 0.2) is 17.2 Å². The Morgan fingerprint density at radius 3 is 2.77 bits per heavy atom. The summed E-state index contributed by atoms with van der Waals surface area (Å²) in [6, 6.07) is 7.65. The van der Waals surface area contributed by atoms with Crippen LogP contribution < -0.4 is 5.32 Å². The maximum atomic E-state index is 13.4. The van der Waals surface area contributed by atoms with E-state index in [4.69, 9.17) is 0 Å². The zero-order valence-electron chi connectivity index (χ0n) is 14.6. The van der Waals surface area contributed by atoms with Crippen molar-refractivity contribution in [3.05, 3.63) is 57.3 Å².